The van der Waals surface area contributed by atoms with Gasteiger partial charge in [0, 0.05) is 0 Å². The van der Waals surface area contributed by atoms with Crippen molar-refractivity contribution >= 4 is 11.5 Å². The summed E-state index contributed by atoms with van der Waals surface area (Å²) in [5.41, 5.74) is 1.40. The van der Waals surface area contributed by atoms with Crippen LogP contribution in [0.25, 0.3) is 0 Å². The van der Waals surface area contributed by atoms with Gasteiger partial charge in [0.05, 0.1) is 0 Å². The second kappa shape index (κ2) is 3.47. The van der Waals surface area contributed by atoms with Gasteiger partial charge in [-0.2, -0.15) is 0 Å². The van der Waals surface area contributed by atoms with Gasteiger partial charge in [-0.3, -0.25) is 0 Å². The van der Waals surface area contributed by atoms with Crippen LogP contribution in [0, 0.1) is 6.92 Å². The van der Waals surface area contributed by atoms with E-state index in [9.17, 15) is 0 Å². The molecule has 0 heterocycles. The average molecular weight is 231 g/mol. The standard InChI is InChI=1S/C7H7.H2P.Pd/c1-7-5-3-2-4-6-7;;/h2-5H,1H3;1H2;/q;-1;+1. The predicted molar refractivity (Wildman–Crippen MR) is 40.5 cm³/mol. The Morgan fingerprint density at radius 2 is 2.00 bits per heavy atom. The van der Waals surface area contributed by atoms with Crippen LogP contribution in [0.1, 0.15) is 5.56 Å². The molecule has 1 aromatic carbocycles. The van der Waals surface area contributed by atoms with Crippen molar-refractivity contribution in [2.75, 3.05) is 0 Å². The number of hydrogen-bond acceptors (Lipinski definition) is 0. The second-order valence-corrected chi connectivity index (χ2v) is 4.17. The third kappa shape index (κ3) is 1.87. The molecule has 0 saturated carbocycles. The Hall–Kier alpha value is 0.312. The summed E-state index contributed by atoms with van der Waals surface area (Å²) in [6, 6.07) is 8.49. The van der Waals surface area contributed by atoms with Crippen molar-refractivity contribution in [3.05, 3.63) is 29.8 Å². The molecule has 0 bridgehead atoms. The van der Waals surface area contributed by atoms with E-state index in [0.717, 1.165) is 0 Å². The van der Waals surface area contributed by atoms with Gasteiger partial charge in [-0.1, -0.05) is 0 Å². The van der Waals surface area contributed by atoms with E-state index in [0.29, 0.717) is 17.5 Å². The average Bonchev–Trinajstić information content (AvgIpc) is 1.89. The van der Waals surface area contributed by atoms with Crippen molar-refractivity contribution in [2.45, 2.75) is 6.92 Å². The van der Waals surface area contributed by atoms with Crippen LogP contribution in [-0.2, 0) is 17.5 Å². The van der Waals surface area contributed by atoms with Gasteiger partial charge in [-0.05, 0) is 0 Å². The topological polar surface area (TPSA) is 0 Å². The first kappa shape index (κ1) is 7.42. The summed E-state index contributed by atoms with van der Waals surface area (Å²) in [4.78, 5) is 0. The molecule has 52 valence electrons. The van der Waals surface area contributed by atoms with E-state index in [1.165, 1.54) is 9.60 Å². The number of rotatable bonds is 1. The first-order valence-electron chi connectivity index (χ1n) is 2.67. The first-order chi connectivity index (χ1) is 4.34. The van der Waals surface area contributed by atoms with E-state index >= 15 is 0 Å². The van der Waals surface area contributed by atoms with E-state index in [2.05, 4.69) is 38.6 Å². The van der Waals surface area contributed by atoms with Crippen LogP contribution in [-0.4, -0.2) is 0 Å². The third-order valence-corrected chi connectivity index (χ3v) is 3.66. The molecule has 0 fully saturated rings. The summed E-state index contributed by atoms with van der Waals surface area (Å²) < 4.78 is 1.47. The van der Waals surface area contributed by atoms with Gasteiger partial charge in [-0.25, -0.2) is 0 Å². The molecule has 0 nitrogen and oxygen atoms in total. The fourth-order valence-corrected chi connectivity index (χ4v) is 2.64. The SMILES string of the molecule is Cc1cccc[c]1[Pd][PH2]. The minimum absolute atomic E-state index is 0.672. The van der Waals surface area contributed by atoms with Gasteiger partial charge in [0.15, 0.2) is 0 Å². The van der Waals surface area contributed by atoms with Crippen molar-refractivity contribution < 1.29 is 17.5 Å². The molecule has 0 aliphatic carbocycles. The Morgan fingerprint density at radius 3 is 2.44 bits per heavy atom. The monoisotopic (exact) mass is 230 g/mol. The van der Waals surface area contributed by atoms with Gasteiger partial charge < -0.3 is 0 Å². The summed E-state index contributed by atoms with van der Waals surface area (Å²) in [5.74, 6) is 0. The molecular weight excluding hydrogens is 221 g/mol. The zero-order chi connectivity index (χ0) is 6.69. The van der Waals surface area contributed by atoms with E-state index in [1.54, 1.807) is 0 Å². The van der Waals surface area contributed by atoms with Crippen LogP contribution in [0.5, 0.6) is 0 Å². The molecule has 0 radical (unpaired) electrons. The van der Waals surface area contributed by atoms with Crippen molar-refractivity contribution in [2.24, 2.45) is 0 Å². The molecule has 9 heavy (non-hydrogen) atoms. The summed E-state index contributed by atoms with van der Waals surface area (Å²) in [5, 5.41) is 0. The number of benzene rings is 1. The zero-order valence-corrected chi connectivity index (χ0v) is 7.91. The van der Waals surface area contributed by atoms with E-state index in [4.69, 9.17) is 0 Å². The summed E-state index contributed by atoms with van der Waals surface area (Å²) in [6.45, 7) is 2.15. The molecule has 2 heteroatoms. The Kier molecular flexibility index (Phi) is 2.86. The maximum atomic E-state index is 2.78. The van der Waals surface area contributed by atoms with Crippen molar-refractivity contribution in [1.29, 1.82) is 0 Å². The van der Waals surface area contributed by atoms with Crippen molar-refractivity contribution in [1.82, 2.24) is 0 Å². The van der Waals surface area contributed by atoms with Gasteiger partial charge in [0.2, 0.25) is 0 Å². The van der Waals surface area contributed by atoms with Crippen LogP contribution < -0.4 is 4.04 Å². The van der Waals surface area contributed by atoms with Crippen LogP contribution in [0.4, 0.5) is 0 Å². The quantitative estimate of drug-likeness (QED) is 0.507. The minimum atomic E-state index is 0.672. The molecule has 0 saturated heterocycles. The molecule has 0 aliphatic rings. The van der Waals surface area contributed by atoms with E-state index in [-0.39, 0.29) is 0 Å². The molecule has 1 rings (SSSR count). The molecule has 0 aromatic heterocycles. The Bertz CT molecular complexity index is 198. The van der Waals surface area contributed by atoms with Crippen LogP contribution in [0.2, 0.25) is 0 Å². The Balaban J connectivity index is 3.01. The fourth-order valence-electron chi connectivity index (χ4n) is 0.642. The fraction of sp³-hybridized carbons (Fsp3) is 0.143. The van der Waals surface area contributed by atoms with Crippen molar-refractivity contribution in [3.8, 4) is 0 Å². The van der Waals surface area contributed by atoms with Crippen LogP contribution in [0.3, 0.4) is 0 Å². The summed E-state index contributed by atoms with van der Waals surface area (Å²) in [6.07, 6.45) is 0. The molecule has 0 amide bonds. The molecule has 0 N–H and O–H groups in total. The molecule has 0 aliphatic heterocycles. The summed E-state index contributed by atoms with van der Waals surface area (Å²) in [7, 11) is 2.78. The Labute approximate surface area is 65.9 Å². The first-order valence-corrected chi connectivity index (χ1v) is 6.50. The van der Waals surface area contributed by atoms with Crippen LogP contribution in [0.15, 0.2) is 24.3 Å². The predicted octanol–water partition coefficient (Wildman–Crippen LogP) is 1.49. The van der Waals surface area contributed by atoms with Gasteiger partial charge in [0.1, 0.15) is 0 Å². The second-order valence-electron chi connectivity index (χ2n) is 1.81. The molecule has 0 spiro atoms. The van der Waals surface area contributed by atoms with Crippen LogP contribution >= 0.6 is 7.43 Å². The third-order valence-electron chi connectivity index (χ3n) is 1.14. The zero-order valence-electron chi connectivity index (χ0n) is 5.20. The summed E-state index contributed by atoms with van der Waals surface area (Å²) >= 11 is 0.672. The van der Waals surface area contributed by atoms with Gasteiger partial charge >= 0.3 is 65.7 Å². The molecule has 1 aromatic rings. The number of hydrogen-bond donors (Lipinski definition) is 0. The van der Waals surface area contributed by atoms with E-state index in [1.807, 2.05) is 0 Å². The van der Waals surface area contributed by atoms with E-state index < -0.39 is 0 Å². The molecular formula is C7H9PPd. The van der Waals surface area contributed by atoms with Crippen molar-refractivity contribution in [3.63, 3.8) is 0 Å². The maximum absolute atomic E-state index is 2.78. The van der Waals surface area contributed by atoms with Gasteiger partial charge in [0.25, 0.3) is 0 Å². The Morgan fingerprint density at radius 1 is 1.33 bits per heavy atom. The molecule has 1 unspecified atom stereocenters. The molecule has 1 atom stereocenters. The number of aryl methyl sites for hydroxylation is 1. The van der Waals surface area contributed by atoms with Gasteiger partial charge in [-0.15, -0.1) is 0 Å². The normalized spacial score (nSPS) is 10.0.